The lowest BCUT2D eigenvalue weighted by Crippen LogP contribution is -2.52. The number of anilines is 1. The van der Waals surface area contributed by atoms with E-state index < -0.39 is 28.5 Å². The highest BCUT2D eigenvalue weighted by Gasteiger charge is 2.32. The van der Waals surface area contributed by atoms with Crippen LogP contribution in [0, 0.1) is 6.92 Å². The fourth-order valence-electron chi connectivity index (χ4n) is 3.81. The Morgan fingerprint density at radius 2 is 1.41 bits per heavy atom. The number of hydrogen-bond acceptors (Lipinski definition) is 4. The molecular formula is C29H33Cl2N3O4S. The van der Waals surface area contributed by atoms with Crippen LogP contribution in [0.5, 0.6) is 0 Å². The van der Waals surface area contributed by atoms with Crippen LogP contribution in [-0.2, 0) is 26.2 Å². The fourth-order valence-corrected chi connectivity index (χ4v) is 5.47. The third kappa shape index (κ3) is 7.97. The summed E-state index contributed by atoms with van der Waals surface area (Å²) in [5, 5.41) is 3.88. The standard InChI is InChI=1S/C29H33Cl2N3O4S/c1-5-21(3)32-29(36)22(4)33(18-23-8-10-24(30)11-9-23)28(35)19-34(26-14-12-25(31)13-15-26)39(37,38)27-16-6-20(2)7-17-27/h6-17,21-22H,5,18-19H2,1-4H3,(H,32,36)/t21-,22+/m0/s1. The lowest BCUT2D eigenvalue weighted by molar-refractivity contribution is -0.139. The number of nitrogens with one attached hydrogen (secondary N) is 1. The predicted molar refractivity (Wildman–Crippen MR) is 157 cm³/mol. The maximum atomic E-state index is 13.9. The first-order valence-corrected chi connectivity index (χ1v) is 14.8. The fraction of sp³-hybridized carbons (Fsp3) is 0.310. The number of carbonyl (C=O) groups excluding carboxylic acids is 2. The monoisotopic (exact) mass is 589 g/mol. The second kappa shape index (κ2) is 13.3. The minimum atomic E-state index is -4.13. The van der Waals surface area contributed by atoms with Gasteiger partial charge in [-0.25, -0.2) is 8.42 Å². The van der Waals surface area contributed by atoms with Crippen LogP contribution in [0.1, 0.15) is 38.3 Å². The zero-order chi connectivity index (χ0) is 28.7. The van der Waals surface area contributed by atoms with Crippen molar-refractivity contribution < 1.29 is 18.0 Å². The van der Waals surface area contributed by atoms with E-state index in [2.05, 4.69) is 5.32 Å². The Morgan fingerprint density at radius 3 is 1.95 bits per heavy atom. The SMILES string of the molecule is CC[C@H](C)NC(=O)[C@@H](C)N(Cc1ccc(Cl)cc1)C(=O)CN(c1ccc(Cl)cc1)S(=O)(=O)c1ccc(C)cc1. The van der Waals surface area contributed by atoms with Crippen molar-refractivity contribution in [1.29, 1.82) is 0 Å². The highest BCUT2D eigenvalue weighted by molar-refractivity contribution is 7.92. The first-order valence-electron chi connectivity index (χ1n) is 12.6. The van der Waals surface area contributed by atoms with E-state index in [1.165, 1.54) is 17.0 Å². The Kier molecular flexibility index (Phi) is 10.4. The summed E-state index contributed by atoms with van der Waals surface area (Å²) in [5.74, 6) is -0.867. The molecule has 0 aromatic heterocycles. The number of benzene rings is 3. The van der Waals surface area contributed by atoms with Gasteiger partial charge in [0.05, 0.1) is 10.6 Å². The molecule has 0 bridgehead atoms. The van der Waals surface area contributed by atoms with Crippen molar-refractivity contribution in [2.24, 2.45) is 0 Å². The Bertz CT molecular complexity index is 1380. The van der Waals surface area contributed by atoms with Gasteiger partial charge in [0.1, 0.15) is 12.6 Å². The lowest BCUT2D eigenvalue weighted by atomic mass is 10.1. The van der Waals surface area contributed by atoms with Gasteiger partial charge in [-0.2, -0.15) is 0 Å². The van der Waals surface area contributed by atoms with E-state index in [4.69, 9.17) is 23.2 Å². The van der Waals surface area contributed by atoms with Gasteiger partial charge in [0, 0.05) is 22.6 Å². The van der Waals surface area contributed by atoms with Crippen LogP contribution in [0.2, 0.25) is 10.0 Å². The molecule has 3 aromatic rings. The van der Waals surface area contributed by atoms with Gasteiger partial charge in [0.15, 0.2) is 0 Å². The minimum Gasteiger partial charge on any atom is -0.352 e. The molecule has 0 aliphatic rings. The zero-order valence-corrected chi connectivity index (χ0v) is 24.7. The van der Waals surface area contributed by atoms with Crippen LogP contribution in [-0.4, -0.2) is 43.8 Å². The van der Waals surface area contributed by atoms with Crippen LogP contribution >= 0.6 is 23.2 Å². The summed E-state index contributed by atoms with van der Waals surface area (Å²) >= 11 is 12.1. The molecule has 0 saturated heterocycles. The summed E-state index contributed by atoms with van der Waals surface area (Å²) in [5.41, 5.74) is 1.92. The van der Waals surface area contributed by atoms with E-state index in [-0.39, 0.29) is 29.1 Å². The Morgan fingerprint density at radius 1 is 0.872 bits per heavy atom. The molecule has 3 aromatic carbocycles. The third-order valence-corrected chi connectivity index (χ3v) is 8.73. The van der Waals surface area contributed by atoms with Crippen LogP contribution in [0.25, 0.3) is 0 Å². The third-order valence-electron chi connectivity index (χ3n) is 6.44. The average Bonchev–Trinajstić information content (AvgIpc) is 2.91. The van der Waals surface area contributed by atoms with E-state index >= 15 is 0 Å². The van der Waals surface area contributed by atoms with Crippen molar-refractivity contribution in [2.75, 3.05) is 10.8 Å². The quantitative estimate of drug-likeness (QED) is 0.305. The zero-order valence-electron chi connectivity index (χ0n) is 22.4. The number of aryl methyl sites for hydroxylation is 1. The number of amides is 2. The molecule has 0 aliphatic carbocycles. The molecule has 0 aliphatic heterocycles. The number of hydrogen-bond donors (Lipinski definition) is 1. The molecule has 2 atom stereocenters. The molecule has 0 fully saturated rings. The molecule has 0 heterocycles. The minimum absolute atomic E-state index is 0.0441. The Labute approximate surface area is 240 Å². The van der Waals surface area contributed by atoms with Crippen LogP contribution in [0.15, 0.2) is 77.7 Å². The molecule has 208 valence electrons. The van der Waals surface area contributed by atoms with Gasteiger partial charge in [-0.15, -0.1) is 0 Å². The summed E-state index contributed by atoms with van der Waals surface area (Å²) < 4.78 is 28.6. The van der Waals surface area contributed by atoms with Crippen molar-refractivity contribution in [1.82, 2.24) is 10.2 Å². The van der Waals surface area contributed by atoms with Crippen molar-refractivity contribution in [3.63, 3.8) is 0 Å². The van der Waals surface area contributed by atoms with Crippen molar-refractivity contribution in [3.8, 4) is 0 Å². The summed E-state index contributed by atoms with van der Waals surface area (Å²) in [6, 6.07) is 18.6. The Balaban J connectivity index is 2.01. The molecular weight excluding hydrogens is 557 g/mol. The van der Waals surface area contributed by atoms with E-state index in [0.717, 1.165) is 21.9 Å². The first kappa shape index (κ1) is 30.5. The van der Waals surface area contributed by atoms with Crippen LogP contribution in [0.3, 0.4) is 0 Å². The number of halogens is 2. The number of carbonyl (C=O) groups is 2. The van der Waals surface area contributed by atoms with E-state index in [0.29, 0.717) is 10.0 Å². The molecule has 2 amide bonds. The largest absolute Gasteiger partial charge is 0.352 e. The smallest absolute Gasteiger partial charge is 0.264 e. The Hall–Kier alpha value is -3.07. The second-order valence-electron chi connectivity index (χ2n) is 9.44. The van der Waals surface area contributed by atoms with Crippen LogP contribution < -0.4 is 9.62 Å². The molecule has 0 radical (unpaired) electrons. The molecule has 0 spiro atoms. The number of sulfonamides is 1. The molecule has 3 rings (SSSR count). The van der Waals surface area contributed by atoms with Gasteiger partial charge in [-0.1, -0.05) is 60.0 Å². The molecule has 39 heavy (non-hydrogen) atoms. The number of nitrogens with zero attached hydrogens (tertiary/aromatic N) is 2. The average molecular weight is 591 g/mol. The molecule has 10 heteroatoms. The summed E-state index contributed by atoms with van der Waals surface area (Å²) in [7, 11) is -4.13. The van der Waals surface area contributed by atoms with Crippen molar-refractivity contribution in [3.05, 3.63) is 94.0 Å². The number of rotatable bonds is 11. The van der Waals surface area contributed by atoms with Gasteiger partial charge < -0.3 is 10.2 Å². The molecule has 0 saturated carbocycles. The van der Waals surface area contributed by atoms with Gasteiger partial charge >= 0.3 is 0 Å². The van der Waals surface area contributed by atoms with Gasteiger partial charge in [-0.05, 0) is 81.3 Å². The first-order chi connectivity index (χ1) is 18.4. The second-order valence-corrected chi connectivity index (χ2v) is 12.2. The van der Waals surface area contributed by atoms with Crippen LogP contribution in [0.4, 0.5) is 5.69 Å². The topological polar surface area (TPSA) is 86.8 Å². The summed E-state index contributed by atoms with van der Waals surface area (Å²) in [4.78, 5) is 28.4. The van der Waals surface area contributed by atoms with Gasteiger partial charge in [-0.3, -0.25) is 13.9 Å². The van der Waals surface area contributed by atoms with Gasteiger partial charge in [0.25, 0.3) is 10.0 Å². The van der Waals surface area contributed by atoms with E-state index in [1.54, 1.807) is 67.6 Å². The van der Waals surface area contributed by atoms with Crippen molar-refractivity contribution in [2.45, 2.75) is 57.6 Å². The molecule has 1 N–H and O–H groups in total. The summed E-state index contributed by atoms with van der Waals surface area (Å²) in [6.07, 6.45) is 0.725. The normalized spacial score (nSPS) is 12.9. The predicted octanol–water partition coefficient (Wildman–Crippen LogP) is 5.83. The summed E-state index contributed by atoms with van der Waals surface area (Å²) in [6.45, 7) is 6.89. The maximum Gasteiger partial charge on any atom is 0.264 e. The highest BCUT2D eigenvalue weighted by Crippen LogP contribution is 2.26. The highest BCUT2D eigenvalue weighted by atomic mass is 35.5. The van der Waals surface area contributed by atoms with E-state index in [1.807, 2.05) is 20.8 Å². The maximum absolute atomic E-state index is 13.9. The molecule has 0 unspecified atom stereocenters. The van der Waals surface area contributed by atoms with Gasteiger partial charge in [0.2, 0.25) is 11.8 Å². The molecule has 7 nitrogen and oxygen atoms in total. The van der Waals surface area contributed by atoms with Crippen molar-refractivity contribution >= 4 is 50.7 Å². The lowest BCUT2D eigenvalue weighted by Gasteiger charge is -2.32. The van der Waals surface area contributed by atoms with E-state index in [9.17, 15) is 18.0 Å².